The molecule has 1 aromatic heterocycles. The molecule has 0 spiro atoms. The molecular weight excluding hydrogens is 663 g/mol. The van der Waals surface area contributed by atoms with Gasteiger partial charge in [0.05, 0.1) is 18.4 Å². The van der Waals surface area contributed by atoms with Gasteiger partial charge in [-0.05, 0) is 50.8 Å². The monoisotopic (exact) mass is 711 g/mol. The second-order valence-electron chi connectivity index (χ2n) is 13.3. The maximum absolute atomic E-state index is 13.6. The molecule has 5 unspecified atom stereocenters. The largest absolute Gasteiger partial charge is 0.481 e. The molecule has 2 heterocycles. The predicted octanol–water partition coefficient (Wildman–Crippen LogP) is 4.42. The highest BCUT2D eigenvalue weighted by molar-refractivity contribution is 7.09. The van der Waals surface area contributed by atoms with Gasteiger partial charge in [-0.15, -0.1) is 11.3 Å². The Morgan fingerprint density at radius 1 is 1.08 bits per heavy atom. The molecule has 11 nitrogen and oxygen atoms in total. The number of alkyl halides is 3. The van der Waals surface area contributed by atoms with Crippen molar-refractivity contribution in [3.05, 3.63) is 52.0 Å². The van der Waals surface area contributed by atoms with Crippen molar-refractivity contribution in [3.8, 4) is 0 Å². The van der Waals surface area contributed by atoms with Crippen LogP contribution in [0, 0.1) is 11.8 Å². The second kappa shape index (κ2) is 17.9. The number of halogens is 3. The molecule has 0 saturated carbocycles. The van der Waals surface area contributed by atoms with E-state index in [-0.39, 0.29) is 29.5 Å². The van der Waals surface area contributed by atoms with Gasteiger partial charge < -0.3 is 25.7 Å². The van der Waals surface area contributed by atoms with Gasteiger partial charge in [-0.2, -0.15) is 13.2 Å². The molecule has 0 bridgehead atoms. The van der Waals surface area contributed by atoms with Crippen LogP contribution in [0.1, 0.15) is 86.5 Å². The molecule has 1 aromatic carbocycles. The Morgan fingerprint density at radius 3 is 2.35 bits per heavy atom. The SMILES string of the molecule is CC(CC(Cc1ccccc1)NC(=O)c1csc(C(O)CC(C(C)C)N(C)C(=O)C(CC(F)(F)F)NC(=O)[C@H]2CCCCN2C)n1)C(=O)O. The molecule has 1 aliphatic heterocycles. The fourth-order valence-corrected chi connectivity index (χ4v) is 6.94. The van der Waals surface area contributed by atoms with Crippen LogP contribution in [0.25, 0.3) is 0 Å². The quantitative estimate of drug-likeness (QED) is 0.200. The number of carbonyl (C=O) groups excluding carboxylic acids is 3. The Hall–Kier alpha value is -3.56. The van der Waals surface area contributed by atoms with E-state index in [1.54, 1.807) is 32.7 Å². The number of likely N-dealkylation sites (N-methyl/N-ethyl adjacent to an activating group) is 2. The van der Waals surface area contributed by atoms with Crippen LogP contribution in [0.2, 0.25) is 0 Å². The molecule has 0 radical (unpaired) electrons. The summed E-state index contributed by atoms with van der Waals surface area (Å²) in [5.41, 5.74) is 0.933. The van der Waals surface area contributed by atoms with E-state index < -0.39 is 72.5 Å². The van der Waals surface area contributed by atoms with Crippen molar-refractivity contribution < 1.29 is 42.6 Å². The van der Waals surface area contributed by atoms with Crippen LogP contribution in [0.4, 0.5) is 13.2 Å². The summed E-state index contributed by atoms with van der Waals surface area (Å²) in [5.74, 6) is -4.10. The number of amides is 3. The second-order valence-corrected chi connectivity index (χ2v) is 14.2. The molecule has 1 fully saturated rings. The summed E-state index contributed by atoms with van der Waals surface area (Å²) in [5, 5.41) is 27.4. The third-order valence-electron chi connectivity index (χ3n) is 8.96. The number of carboxylic acids is 1. The van der Waals surface area contributed by atoms with Gasteiger partial charge in [-0.1, -0.05) is 57.5 Å². The molecule has 0 aliphatic carbocycles. The summed E-state index contributed by atoms with van der Waals surface area (Å²) in [6, 6.07) is 5.59. The highest BCUT2D eigenvalue weighted by atomic mass is 32.1. The molecule has 3 amide bonds. The number of thiazole rings is 1. The predicted molar refractivity (Wildman–Crippen MR) is 179 cm³/mol. The lowest BCUT2D eigenvalue weighted by atomic mass is 9.95. The number of nitrogens with one attached hydrogen (secondary N) is 2. The van der Waals surface area contributed by atoms with Crippen molar-refractivity contribution in [1.82, 2.24) is 25.4 Å². The number of piperidine rings is 1. The summed E-state index contributed by atoms with van der Waals surface area (Å²) in [6.45, 7) is 5.72. The molecule has 4 N–H and O–H groups in total. The molecule has 49 heavy (non-hydrogen) atoms. The van der Waals surface area contributed by atoms with E-state index in [9.17, 15) is 42.6 Å². The van der Waals surface area contributed by atoms with E-state index in [4.69, 9.17) is 0 Å². The minimum atomic E-state index is -4.72. The van der Waals surface area contributed by atoms with Crippen molar-refractivity contribution in [1.29, 1.82) is 0 Å². The topological polar surface area (TPSA) is 152 Å². The summed E-state index contributed by atoms with van der Waals surface area (Å²) in [7, 11) is 3.08. The van der Waals surface area contributed by atoms with Crippen molar-refractivity contribution in [2.24, 2.45) is 11.8 Å². The molecule has 1 aliphatic rings. The normalized spacial score (nSPS) is 18.6. The number of benzene rings is 1. The number of carbonyl (C=O) groups is 4. The molecule has 3 rings (SSSR count). The third kappa shape index (κ3) is 12.1. The Morgan fingerprint density at radius 2 is 1.76 bits per heavy atom. The number of aliphatic carboxylic acids is 1. The lowest BCUT2D eigenvalue weighted by Gasteiger charge is -2.36. The first-order valence-corrected chi connectivity index (χ1v) is 17.4. The zero-order valence-corrected chi connectivity index (χ0v) is 29.4. The highest BCUT2D eigenvalue weighted by Gasteiger charge is 2.41. The maximum atomic E-state index is 13.6. The van der Waals surface area contributed by atoms with Crippen molar-refractivity contribution in [3.63, 3.8) is 0 Å². The van der Waals surface area contributed by atoms with Crippen LogP contribution in [0.5, 0.6) is 0 Å². The number of hydrogen-bond acceptors (Lipinski definition) is 8. The van der Waals surface area contributed by atoms with Gasteiger partial charge in [0.2, 0.25) is 11.8 Å². The molecule has 2 aromatic rings. The van der Waals surface area contributed by atoms with E-state index in [1.807, 2.05) is 30.3 Å². The first-order chi connectivity index (χ1) is 23.0. The van der Waals surface area contributed by atoms with Crippen LogP contribution in [-0.2, 0) is 20.8 Å². The number of aliphatic hydroxyl groups is 1. The standard InChI is InChI=1S/C34H48F3N5O6S/c1-20(2)27(42(5)32(46)24(18-34(35,36)37)39-30(45)26-13-9-10-14-41(26)4)17-28(43)31-40-25(19-49-31)29(44)38-23(15-21(3)33(47)48)16-22-11-7-6-8-12-22/h6-8,11-12,19-21,23-24,26-28,43H,9-10,13-18H2,1-5H3,(H,38,44)(H,39,45)(H,47,48)/t21?,23?,24?,26-,27?,28?/m1/s1. The highest BCUT2D eigenvalue weighted by Crippen LogP contribution is 2.29. The van der Waals surface area contributed by atoms with Gasteiger partial charge in [0.1, 0.15) is 22.8 Å². The van der Waals surface area contributed by atoms with Crippen LogP contribution in [-0.4, -0.2) is 99.7 Å². The average molecular weight is 712 g/mol. The maximum Gasteiger partial charge on any atom is 0.391 e. The zero-order valence-electron chi connectivity index (χ0n) is 28.6. The van der Waals surface area contributed by atoms with E-state index in [1.165, 1.54) is 12.4 Å². The first-order valence-electron chi connectivity index (χ1n) is 16.5. The summed E-state index contributed by atoms with van der Waals surface area (Å²) in [4.78, 5) is 58.5. The van der Waals surface area contributed by atoms with E-state index in [0.717, 1.165) is 34.6 Å². The number of carboxylic acid groups (broad SMARTS) is 1. The number of aliphatic hydroxyl groups excluding tert-OH is 1. The van der Waals surface area contributed by atoms with Crippen molar-refractivity contribution >= 4 is 35.0 Å². The number of nitrogens with zero attached hydrogens (tertiary/aromatic N) is 3. The Labute approximate surface area is 289 Å². The molecule has 6 atom stereocenters. The van der Waals surface area contributed by atoms with Crippen LogP contribution in [0.3, 0.4) is 0 Å². The average Bonchev–Trinajstić information content (AvgIpc) is 3.53. The minimum Gasteiger partial charge on any atom is -0.481 e. The Balaban J connectivity index is 1.72. The minimum absolute atomic E-state index is 0.0197. The number of likely N-dealkylation sites (tertiary alicyclic amines) is 1. The van der Waals surface area contributed by atoms with Crippen molar-refractivity contribution in [2.75, 3.05) is 20.6 Å². The lowest BCUT2D eigenvalue weighted by molar-refractivity contribution is -0.158. The Kier molecular flexibility index (Phi) is 14.6. The third-order valence-corrected chi connectivity index (χ3v) is 9.91. The van der Waals surface area contributed by atoms with Crippen LogP contribution >= 0.6 is 11.3 Å². The van der Waals surface area contributed by atoms with Gasteiger partial charge in [-0.25, -0.2) is 4.98 Å². The van der Waals surface area contributed by atoms with Gasteiger partial charge in [0.15, 0.2) is 0 Å². The van der Waals surface area contributed by atoms with Crippen LogP contribution in [0.15, 0.2) is 35.7 Å². The number of aromatic nitrogens is 1. The van der Waals surface area contributed by atoms with Gasteiger partial charge in [0.25, 0.3) is 5.91 Å². The summed E-state index contributed by atoms with van der Waals surface area (Å²) >= 11 is 1.02. The van der Waals surface area contributed by atoms with Gasteiger partial charge in [0, 0.05) is 30.9 Å². The van der Waals surface area contributed by atoms with Gasteiger partial charge >= 0.3 is 12.1 Å². The van der Waals surface area contributed by atoms with Gasteiger partial charge in [-0.3, -0.25) is 24.1 Å². The lowest BCUT2D eigenvalue weighted by Crippen LogP contribution is -2.57. The zero-order chi connectivity index (χ0) is 36.5. The Bertz CT molecular complexity index is 1410. The number of rotatable bonds is 16. The molecular formula is C34H48F3N5O6S. The first kappa shape index (κ1) is 39.9. The fourth-order valence-electron chi connectivity index (χ4n) is 6.15. The molecule has 1 saturated heterocycles. The van der Waals surface area contributed by atoms with Crippen LogP contribution < -0.4 is 10.6 Å². The van der Waals surface area contributed by atoms with E-state index in [0.29, 0.717) is 19.4 Å². The van der Waals surface area contributed by atoms with Crippen molar-refractivity contribution in [2.45, 2.75) is 102 Å². The summed E-state index contributed by atoms with van der Waals surface area (Å²) in [6.07, 6.45) is -4.91. The summed E-state index contributed by atoms with van der Waals surface area (Å²) < 4.78 is 40.8. The fraction of sp³-hybridized carbons (Fsp3) is 0.618. The number of hydrogen-bond donors (Lipinski definition) is 4. The van der Waals surface area contributed by atoms with E-state index in [2.05, 4.69) is 15.6 Å². The molecule has 15 heteroatoms. The molecule has 272 valence electrons. The van der Waals surface area contributed by atoms with E-state index >= 15 is 0 Å². The smallest absolute Gasteiger partial charge is 0.391 e.